The van der Waals surface area contributed by atoms with Gasteiger partial charge in [-0.1, -0.05) is 0 Å². The van der Waals surface area contributed by atoms with Crippen molar-refractivity contribution in [3.63, 3.8) is 0 Å². The fraction of sp³-hybridized carbons (Fsp3) is 0.111. The smallest absolute Gasteiger partial charge is 0.280 e. The Hall–Kier alpha value is -3.55. The number of hydrogen-bond acceptors (Lipinski definition) is 4. The van der Waals surface area contributed by atoms with Gasteiger partial charge in [0.1, 0.15) is 5.82 Å². The highest BCUT2D eigenvalue weighted by atomic mass is 19.1. The normalized spacial score (nSPS) is 11.4. The zero-order valence-electron chi connectivity index (χ0n) is 14.2. The van der Waals surface area contributed by atoms with Crippen LogP contribution in [0.5, 0.6) is 0 Å². The van der Waals surface area contributed by atoms with Crippen LogP contribution in [0.25, 0.3) is 5.69 Å². The lowest BCUT2D eigenvalue weighted by Crippen LogP contribution is -2.23. The summed E-state index contributed by atoms with van der Waals surface area (Å²) in [5.41, 5.74) is 4.18. The summed E-state index contributed by atoms with van der Waals surface area (Å²) in [6.07, 6.45) is 2.98. The number of carbonyl (C=O) groups is 1. The molecule has 0 aliphatic heterocycles. The molecule has 2 heterocycles. The largest absolute Gasteiger partial charge is 0.295 e. The molecule has 0 fully saturated rings. The average Bonchev–Trinajstić information content (AvgIpc) is 2.95. The molecule has 0 saturated carbocycles. The molecule has 0 atom stereocenters. The van der Waals surface area contributed by atoms with Crippen molar-refractivity contribution in [2.45, 2.75) is 13.8 Å². The van der Waals surface area contributed by atoms with Gasteiger partial charge in [-0.15, -0.1) is 0 Å². The second-order valence-electron chi connectivity index (χ2n) is 5.61. The van der Waals surface area contributed by atoms with E-state index in [4.69, 9.17) is 0 Å². The van der Waals surface area contributed by atoms with E-state index in [-0.39, 0.29) is 11.4 Å². The minimum Gasteiger partial charge on any atom is -0.295 e. The molecule has 0 bridgehead atoms. The number of aryl methyl sites for hydroxylation is 1. The van der Waals surface area contributed by atoms with Crippen molar-refractivity contribution in [3.8, 4) is 5.69 Å². The lowest BCUT2D eigenvalue weighted by molar-refractivity contribution is 0.0954. The first-order valence-corrected chi connectivity index (χ1v) is 7.80. The molecule has 0 saturated heterocycles. The molecule has 3 aromatic rings. The highest BCUT2D eigenvalue weighted by Gasteiger charge is 2.15. The van der Waals surface area contributed by atoms with Gasteiger partial charge in [-0.05, 0) is 50.2 Å². The first kappa shape index (κ1) is 17.3. The monoisotopic (exact) mass is 353 g/mol. The third-order valence-corrected chi connectivity index (χ3v) is 3.77. The zero-order valence-corrected chi connectivity index (χ0v) is 14.2. The number of hydrazone groups is 1. The molecule has 3 rings (SSSR count). The Balaban J connectivity index is 1.88. The van der Waals surface area contributed by atoms with E-state index < -0.39 is 5.91 Å². The van der Waals surface area contributed by atoms with Gasteiger partial charge in [0.2, 0.25) is 0 Å². The van der Waals surface area contributed by atoms with E-state index in [1.54, 1.807) is 32.2 Å². The number of rotatable bonds is 4. The summed E-state index contributed by atoms with van der Waals surface area (Å²) in [5.74, 6) is -0.814. The third kappa shape index (κ3) is 3.44. The third-order valence-electron chi connectivity index (χ3n) is 3.77. The minimum absolute atomic E-state index is 0.334. The van der Waals surface area contributed by atoms with Crippen LogP contribution >= 0.6 is 0 Å². The van der Waals surface area contributed by atoms with E-state index in [1.165, 1.54) is 35.1 Å². The van der Waals surface area contributed by atoms with Crippen LogP contribution in [-0.4, -0.2) is 26.4 Å². The van der Waals surface area contributed by atoms with Crippen molar-refractivity contribution in [1.29, 1.82) is 0 Å². The predicted molar refractivity (Wildman–Crippen MR) is 95.0 cm³/mol. The SMILES string of the molecule is CC(=NNC(=O)c1cccnc1)c1c(C)[nH]n(-c2ccc(F)cc2)c1=O. The van der Waals surface area contributed by atoms with Crippen LogP contribution in [0.2, 0.25) is 0 Å². The molecule has 7 nitrogen and oxygen atoms in total. The standard InChI is InChI=1S/C18H16FN5O2/c1-11(21-22-17(25)13-4-3-9-20-10-13)16-12(2)23-24(18(16)26)15-7-5-14(19)6-8-15/h3-10,23H,1-2H3,(H,22,25). The molecule has 2 aromatic heterocycles. The van der Waals surface area contributed by atoms with Crippen molar-refractivity contribution < 1.29 is 9.18 Å². The van der Waals surface area contributed by atoms with E-state index in [1.807, 2.05) is 0 Å². The first-order chi connectivity index (χ1) is 12.5. The molecule has 132 valence electrons. The number of nitrogens with one attached hydrogen (secondary N) is 2. The fourth-order valence-electron chi connectivity index (χ4n) is 2.50. The first-order valence-electron chi connectivity index (χ1n) is 7.80. The second kappa shape index (κ2) is 7.14. The van der Waals surface area contributed by atoms with Crippen LogP contribution in [-0.2, 0) is 0 Å². The van der Waals surface area contributed by atoms with Crippen LogP contribution in [0.1, 0.15) is 28.5 Å². The van der Waals surface area contributed by atoms with Crippen LogP contribution in [0.3, 0.4) is 0 Å². The summed E-state index contributed by atoms with van der Waals surface area (Å²) in [6.45, 7) is 3.34. The van der Waals surface area contributed by atoms with Gasteiger partial charge in [0.05, 0.1) is 22.5 Å². The van der Waals surface area contributed by atoms with Crippen molar-refractivity contribution in [1.82, 2.24) is 20.2 Å². The number of carbonyl (C=O) groups excluding carboxylic acids is 1. The number of H-pyrrole nitrogens is 1. The van der Waals surface area contributed by atoms with Gasteiger partial charge >= 0.3 is 0 Å². The second-order valence-corrected chi connectivity index (χ2v) is 5.61. The van der Waals surface area contributed by atoms with Crippen LogP contribution in [0, 0.1) is 12.7 Å². The topological polar surface area (TPSA) is 92.1 Å². The van der Waals surface area contributed by atoms with Gasteiger partial charge in [-0.25, -0.2) is 14.5 Å². The highest BCUT2D eigenvalue weighted by molar-refractivity contribution is 6.01. The average molecular weight is 353 g/mol. The fourth-order valence-corrected chi connectivity index (χ4v) is 2.50. The minimum atomic E-state index is -0.426. The van der Waals surface area contributed by atoms with E-state index in [9.17, 15) is 14.0 Å². The molecule has 0 aliphatic carbocycles. The molecule has 0 unspecified atom stereocenters. The maximum atomic E-state index is 13.1. The van der Waals surface area contributed by atoms with E-state index in [0.29, 0.717) is 28.2 Å². The molecular weight excluding hydrogens is 337 g/mol. The number of hydrogen-bond donors (Lipinski definition) is 2. The summed E-state index contributed by atoms with van der Waals surface area (Å²) in [5, 5.41) is 6.94. The van der Waals surface area contributed by atoms with Gasteiger partial charge in [0.15, 0.2) is 0 Å². The van der Waals surface area contributed by atoms with E-state index >= 15 is 0 Å². The zero-order chi connectivity index (χ0) is 18.7. The lowest BCUT2D eigenvalue weighted by atomic mass is 10.2. The van der Waals surface area contributed by atoms with Gasteiger partial charge in [0, 0.05) is 18.1 Å². The summed E-state index contributed by atoms with van der Waals surface area (Å²) < 4.78 is 14.4. The molecule has 0 radical (unpaired) electrons. The Morgan fingerprint density at radius 3 is 2.65 bits per heavy atom. The maximum absolute atomic E-state index is 13.1. The predicted octanol–water partition coefficient (Wildman–Crippen LogP) is 2.16. The number of aromatic nitrogens is 3. The summed E-state index contributed by atoms with van der Waals surface area (Å²) in [4.78, 5) is 28.6. The Morgan fingerprint density at radius 2 is 2.00 bits per heavy atom. The number of aromatic amines is 1. The maximum Gasteiger partial charge on any atom is 0.280 e. The molecule has 1 aromatic carbocycles. The van der Waals surface area contributed by atoms with Crippen molar-refractivity contribution in [2.75, 3.05) is 0 Å². The molecule has 0 spiro atoms. The Labute approximate surface area is 148 Å². The molecule has 26 heavy (non-hydrogen) atoms. The highest BCUT2D eigenvalue weighted by Crippen LogP contribution is 2.09. The van der Waals surface area contributed by atoms with Gasteiger partial charge in [-0.2, -0.15) is 5.10 Å². The van der Waals surface area contributed by atoms with Crippen LogP contribution in [0.4, 0.5) is 4.39 Å². The van der Waals surface area contributed by atoms with E-state index in [2.05, 4.69) is 20.6 Å². The lowest BCUT2D eigenvalue weighted by Gasteiger charge is -2.01. The summed E-state index contributed by atoms with van der Waals surface area (Å²) >= 11 is 0. The van der Waals surface area contributed by atoms with Crippen molar-refractivity contribution >= 4 is 11.6 Å². The quantitative estimate of drug-likeness (QED) is 0.556. The Bertz CT molecular complexity index is 1020. The molecular formula is C18H16FN5O2. The van der Waals surface area contributed by atoms with Crippen molar-refractivity contribution in [2.24, 2.45) is 5.10 Å². The molecule has 0 aliphatic rings. The van der Waals surface area contributed by atoms with E-state index in [0.717, 1.165) is 0 Å². The molecule has 2 N–H and O–H groups in total. The van der Waals surface area contributed by atoms with Crippen LogP contribution < -0.4 is 11.0 Å². The number of benzene rings is 1. The Kier molecular flexibility index (Phi) is 4.74. The number of halogens is 1. The number of nitrogens with zero attached hydrogens (tertiary/aromatic N) is 3. The summed E-state index contributed by atoms with van der Waals surface area (Å²) in [7, 11) is 0. The van der Waals surface area contributed by atoms with Gasteiger partial charge in [-0.3, -0.25) is 19.7 Å². The summed E-state index contributed by atoms with van der Waals surface area (Å²) in [6, 6.07) is 8.78. The van der Waals surface area contributed by atoms with Gasteiger partial charge < -0.3 is 0 Å². The van der Waals surface area contributed by atoms with Gasteiger partial charge in [0.25, 0.3) is 11.5 Å². The Morgan fingerprint density at radius 1 is 1.27 bits per heavy atom. The van der Waals surface area contributed by atoms with Crippen molar-refractivity contribution in [3.05, 3.63) is 81.8 Å². The number of pyridine rings is 1. The molecule has 1 amide bonds. The number of amides is 1. The van der Waals surface area contributed by atoms with Crippen LogP contribution in [0.15, 0.2) is 58.7 Å². The molecule has 8 heteroatoms.